The molecule has 0 aromatic rings. The van der Waals surface area contributed by atoms with Crippen molar-refractivity contribution in [1.82, 2.24) is 0 Å². The van der Waals surface area contributed by atoms with Gasteiger partial charge in [0.2, 0.25) is 0 Å². The Labute approximate surface area is 90.5 Å². The van der Waals surface area contributed by atoms with Gasteiger partial charge in [-0.25, -0.2) is 0 Å². The van der Waals surface area contributed by atoms with Gasteiger partial charge in [-0.1, -0.05) is 0 Å². The standard InChI is InChI=1S/Lu.Nb.4H2O.Ti/h;;4*1H2;/q;;;;;;+4/p-4. The van der Waals surface area contributed by atoms with Gasteiger partial charge < -0.3 is 0 Å². The quantitative estimate of drug-likeness (QED) is 0.357. The molecule has 0 aromatic carbocycles. The van der Waals surface area contributed by atoms with E-state index in [2.05, 4.69) is 0 Å². The Morgan fingerprint density at radius 2 is 0.857 bits per heavy atom. The Morgan fingerprint density at radius 3 is 0.857 bits per heavy atom. The van der Waals surface area contributed by atoms with E-state index >= 15 is 0 Å². The van der Waals surface area contributed by atoms with Gasteiger partial charge in [-0.2, -0.15) is 0 Å². The van der Waals surface area contributed by atoms with Crippen LogP contribution in [0, 0.1) is 36.9 Å². The average molecular weight is 384 g/mol. The molecule has 0 atom stereocenters. The molecule has 0 rings (SSSR count). The predicted octanol–water partition coefficient (Wildman–Crippen LogP) is -2.23. The van der Waals surface area contributed by atoms with Crippen molar-refractivity contribution in [1.29, 1.82) is 0 Å². The molecule has 7 heavy (non-hydrogen) atoms. The van der Waals surface area contributed by atoms with E-state index in [4.69, 9.17) is 14.8 Å². The van der Waals surface area contributed by atoms with Gasteiger partial charge in [-0.05, 0) is 0 Å². The molecule has 0 unspecified atom stereocenters. The molecule has 52 valence electrons. The Balaban J connectivity index is -0.0000000800. The van der Waals surface area contributed by atoms with Crippen LogP contribution in [0.2, 0.25) is 0 Å². The third-order valence-corrected chi connectivity index (χ3v) is 0. The summed E-state index contributed by atoms with van der Waals surface area (Å²) >= 11 is -5.00. The Hall–Kier alpha value is 2.53. The van der Waals surface area contributed by atoms with Gasteiger partial charge in [-0.3, -0.25) is 0 Å². The third kappa shape index (κ3) is 56.9. The molecule has 0 fully saturated rings. The van der Waals surface area contributed by atoms with Crippen LogP contribution in [0.3, 0.4) is 0 Å². The second-order valence-corrected chi connectivity index (χ2v) is 2.47. The van der Waals surface area contributed by atoms with Gasteiger partial charge in [0, 0.05) is 59.3 Å². The zero-order chi connectivity index (χ0) is 4.50. The Kier molecular flexibility index (Phi) is 15.4. The first-order chi connectivity index (χ1) is 2.00. The van der Waals surface area contributed by atoms with Crippen LogP contribution in [0.15, 0.2) is 0 Å². The molecule has 0 saturated carbocycles. The van der Waals surface area contributed by atoms with Crippen LogP contribution < -0.4 is 0 Å². The summed E-state index contributed by atoms with van der Waals surface area (Å²) in [5.74, 6) is 0. The topological polar surface area (TPSA) is 80.9 Å². The predicted molar refractivity (Wildman–Crippen MR) is 8.88 cm³/mol. The third-order valence-electron chi connectivity index (χ3n) is 0. The summed E-state index contributed by atoms with van der Waals surface area (Å²) < 4.78 is 29.5. The van der Waals surface area contributed by atoms with E-state index in [1.165, 1.54) is 0 Å². The molecule has 0 aliphatic carbocycles. The molecule has 0 amide bonds. The minimum atomic E-state index is -5.00. The summed E-state index contributed by atoms with van der Waals surface area (Å²) in [4.78, 5) is 0. The first kappa shape index (κ1) is 16.3. The molecular weight excluding hydrogens is 380 g/mol. The summed E-state index contributed by atoms with van der Waals surface area (Å²) in [5.41, 5.74) is 0. The monoisotopic (exact) mass is 384 g/mol. The van der Waals surface area contributed by atoms with Crippen molar-refractivity contribution in [2.75, 3.05) is 0 Å². The Bertz CT molecular complexity index is 27.2. The van der Waals surface area contributed by atoms with E-state index in [-0.39, 0.29) is 59.3 Å². The van der Waals surface area contributed by atoms with E-state index < -0.39 is 18.1 Å². The molecular formula is H4LuNbO4Ti. The first-order valence-corrected chi connectivity index (χ1v) is 3.69. The molecule has 0 heterocycles. The van der Waals surface area contributed by atoms with Gasteiger partial charge in [0.15, 0.2) is 0 Å². The van der Waals surface area contributed by atoms with Crippen LogP contribution in [0.4, 0.5) is 0 Å². The zero-order valence-electron chi connectivity index (χ0n) is 2.99. The van der Waals surface area contributed by atoms with Crippen LogP contribution >= 0.6 is 0 Å². The molecule has 0 aromatic heterocycles. The minimum absolute atomic E-state index is 0. The summed E-state index contributed by atoms with van der Waals surface area (Å²) in [6.45, 7) is 0. The van der Waals surface area contributed by atoms with E-state index in [9.17, 15) is 0 Å². The maximum atomic E-state index is 7.38. The van der Waals surface area contributed by atoms with Crippen molar-refractivity contribution in [3.05, 3.63) is 0 Å². The van der Waals surface area contributed by atoms with Crippen molar-refractivity contribution in [3.63, 3.8) is 0 Å². The van der Waals surface area contributed by atoms with Gasteiger partial charge >= 0.3 is 32.9 Å². The molecule has 2 radical (unpaired) electrons. The molecule has 7 heteroatoms. The van der Waals surface area contributed by atoms with Crippen LogP contribution in [0.1, 0.15) is 0 Å². The molecule has 0 spiro atoms. The van der Waals surface area contributed by atoms with Crippen molar-refractivity contribution < 1.29 is 92.1 Å². The van der Waals surface area contributed by atoms with Gasteiger partial charge in [0.05, 0.1) is 0 Å². The van der Waals surface area contributed by atoms with Gasteiger partial charge in [-0.15, -0.1) is 0 Å². The molecule has 0 bridgehead atoms. The fourth-order valence-electron chi connectivity index (χ4n) is 0. The van der Waals surface area contributed by atoms with Crippen molar-refractivity contribution in [2.24, 2.45) is 0 Å². The fourth-order valence-corrected chi connectivity index (χ4v) is 0. The molecule has 4 N–H and O–H groups in total. The normalized spacial score (nSPS) is 8.57. The van der Waals surface area contributed by atoms with Crippen molar-refractivity contribution >= 4 is 0 Å². The Morgan fingerprint density at radius 1 is 0.857 bits per heavy atom. The molecule has 0 saturated heterocycles. The first-order valence-electron chi connectivity index (χ1n) is 0.894. The van der Waals surface area contributed by atoms with E-state index in [0.29, 0.717) is 0 Å². The maximum absolute atomic E-state index is 7.38. The summed E-state index contributed by atoms with van der Waals surface area (Å²) in [6.07, 6.45) is 0. The van der Waals surface area contributed by atoms with Crippen LogP contribution in [-0.2, 0) is 40.5 Å². The van der Waals surface area contributed by atoms with Crippen molar-refractivity contribution in [2.45, 2.75) is 0 Å². The summed E-state index contributed by atoms with van der Waals surface area (Å²) in [5, 5.41) is 0. The number of rotatable bonds is 0. The van der Waals surface area contributed by atoms with E-state index in [0.717, 1.165) is 0 Å². The van der Waals surface area contributed by atoms with Crippen LogP contribution in [0.25, 0.3) is 0 Å². The van der Waals surface area contributed by atoms with Gasteiger partial charge in [0.1, 0.15) is 0 Å². The van der Waals surface area contributed by atoms with Crippen LogP contribution in [0.5, 0.6) is 0 Å². The van der Waals surface area contributed by atoms with E-state index in [1.807, 2.05) is 0 Å². The SMILES string of the molecule is [Lu].[Nb].[OH][Ti]([OH])([OH])[OH]. The molecule has 4 nitrogen and oxygen atoms in total. The summed E-state index contributed by atoms with van der Waals surface area (Å²) in [6, 6.07) is 0. The van der Waals surface area contributed by atoms with Gasteiger partial charge in [0.25, 0.3) is 0 Å². The molecule has 0 aliphatic rings. The second-order valence-electron chi connectivity index (χ2n) is 0.600. The second kappa shape index (κ2) is 6.65. The molecule has 0 aliphatic heterocycles. The summed E-state index contributed by atoms with van der Waals surface area (Å²) in [7, 11) is 0. The van der Waals surface area contributed by atoms with Crippen molar-refractivity contribution in [3.8, 4) is 0 Å². The van der Waals surface area contributed by atoms with Crippen LogP contribution in [-0.4, -0.2) is 14.8 Å². The average Bonchev–Trinajstić information content (AvgIpc) is 0.722. The fraction of sp³-hybridized carbons (Fsp3) is 0. The van der Waals surface area contributed by atoms with E-state index in [1.54, 1.807) is 0 Å². The number of hydrogen-bond acceptors (Lipinski definition) is 4. The number of hydrogen-bond donors (Lipinski definition) is 4. The zero-order valence-corrected chi connectivity index (χ0v) is 8.41.